The first-order chi connectivity index (χ1) is 7.26. The van der Waals surface area contributed by atoms with Gasteiger partial charge in [0, 0.05) is 29.2 Å². The minimum absolute atomic E-state index is 0.241. The molecule has 1 heterocycles. The molecular weight excluding hydrogens is 198 g/mol. The summed E-state index contributed by atoms with van der Waals surface area (Å²) >= 11 is 0. The maximum Gasteiger partial charge on any atom is 0.0144 e. The van der Waals surface area contributed by atoms with Crippen molar-refractivity contribution in [2.45, 2.75) is 82.6 Å². The molecule has 2 rings (SSSR count). The lowest BCUT2D eigenvalue weighted by Crippen LogP contribution is -2.64. The highest BCUT2D eigenvalue weighted by Gasteiger charge is 2.39. The van der Waals surface area contributed by atoms with Crippen LogP contribution in [0.5, 0.6) is 0 Å². The van der Waals surface area contributed by atoms with E-state index in [1.165, 1.54) is 12.8 Å². The summed E-state index contributed by atoms with van der Waals surface area (Å²) in [6, 6.07) is 1.76. The Morgan fingerprint density at radius 1 is 1.00 bits per heavy atom. The number of nitrogens with two attached hydrogens (primary N) is 1. The Morgan fingerprint density at radius 2 is 1.50 bits per heavy atom. The van der Waals surface area contributed by atoms with E-state index in [4.69, 9.17) is 5.73 Å². The van der Waals surface area contributed by atoms with Crippen LogP contribution >= 0.6 is 0 Å². The Kier molecular flexibility index (Phi) is 3.06. The summed E-state index contributed by atoms with van der Waals surface area (Å²) < 4.78 is 0. The van der Waals surface area contributed by atoms with Gasteiger partial charge < -0.3 is 16.4 Å². The zero-order valence-corrected chi connectivity index (χ0v) is 11.1. The first-order valence-corrected chi connectivity index (χ1v) is 6.57. The quantitative estimate of drug-likeness (QED) is 0.665. The van der Waals surface area contributed by atoms with Gasteiger partial charge in [0.05, 0.1) is 0 Å². The monoisotopic (exact) mass is 225 g/mol. The van der Waals surface area contributed by atoms with E-state index >= 15 is 0 Å². The number of hydrogen-bond donors (Lipinski definition) is 3. The van der Waals surface area contributed by atoms with Crippen molar-refractivity contribution in [2.75, 3.05) is 0 Å². The van der Waals surface area contributed by atoms with E-state index in [0.717, 1.165) is 12.8 Å². The van der Waals surface area contributed by atoms with Crippen LogP contribution < -0.4 is 16.4 Å². The summed E-state index contributed by atoms with van der Waals surface area (Å²) in [7, 11) is 0. The SMILES string of the molecule is CC1(C)CC(NC2CC(N)C2)CC(C)(C)N1. The molecule has 0 spiro atoms. The average molecular weight is 225 g/mol. The van der Waals surface area contributed by atoms with Crippen LogP contribution in [-0.2, 0) is 0 Å². The second-order valence-corrected chi connectivity index (χ2v) is 7.09. The summed E-state index contributed by atoms with van der Waals surface area (Å²) in [5.74, 6) is 0. The third-order valence-electron chi connectivity index (χ3n) is 3.84. The van der Waals surface area contributed by atoms with E-state index in [2.05, 4.69) is 38.3 Å². The second kappa shape index (κ2) is 3.97. The summed E-state index contributed by atoms with van der Waals surface area (Å²) in [5, 5.41) is 7.49. The number of hydrogen-bond acceptors (Lipinski definition) is 3. The van der Waals surface area contributed by atoms with Crippen LogP contribution in [0.4, 0.5) is 0 Å². The highest BCUT2D eigenvalue weighted by Crippen LogP contribution is 2.30. The van der Waals surface area contributed by atoms with Gasteiger partial charge in [0.1, 0.15) is 0 Å². The van der Waals surface area contributed by atoms with E-state index in [0.29, 0.717) is 18.1 Å². The third-order valence-corrected chi connectivity index (χ3v) is 3.84. The fourth-order valence-corrected chi connectivity index (χ4v) is 3.57. The van der Waals surface area contributed by atoms with E-state index in [1.54, 1.807) is 0 Å². The molecular formula is C13H27N3. The molecule has 0 radical (unpaired) electrons. The molecule has 3 heteroatoms. The average Bonchev–Trinajstić information content (AvgIpc) is 1.94. The molecule has 0 bridgehead atoms. The van der Waals surface area contributed by atoms with E-state index < -0.39 is 0 Å². The van der Waals surface area contributed by atoms with Gasteiger partial charge >= 0.3 is 0 Å². The zero-order chi connectivity index (χ0) is 12.0. The van der Waals surface area contributed by atoms with Crippen LogP contribution in [0.25, 0.3) is 0 Å². The van der Waals surface area contributed by atoms with Crippen LogP contribution in [-0.4, -0.2) is 29.2 Å². The van der Waals surface area contributed by atoms with Crippen LogP contribution in [0.1, 0.15) is 53.4 Å². The third kappa shape index (κ3) is 2.96. The Hall–Kier alpha value is -0.120. The van der Waals surface area contributed by atoms with Crippen LogP contribution in [0.2, 0.25) is 0 Å². The summed E-state index contributed by atoms with van der Waals surface area (Å²) in [6.07, 6.45) is 4.74. The number of rotatable bonds is 2. The van der Waals surface area contributed by atoms with Crippen LogP contribution in [0.3, 0.4) is 0 Å². The largest absolute Gasteiger partial charge is 0.328 e. The lowest BCUT2D eigenvalue weighted by atomic mass is 9.78. The molecule has 3 nitrogen and oxygen atoms in total. The van der Waals surface area contributed by atoms with Gasteiger partial charge in [-0.25, -0.2) is 0 Å². The lowest BCUT2D eigenvalue weighted by molar-refractivity contribution is 0.126. The zero-order valence-electron chi connectivity index (χ0n) is 11.1. The molecule has 1 saturated carbocycles. The minimum Gasteiger partial charge on any atom is -0.328 e. The first-order valence-electron chi connectivity index (χ1n) is 6.57. The molecule has 0 aromatic carbocycles. The van der Waals surface area contributed by atoms with Crippen molar-refractivity contribution in [1.82, 2.24) is 10.6 Å². The normalized spacial score (nSPS) is 38.1. The molecule has 0 aromatic rings. The van der Waals surface area contributed by atoms with E-state index in [1.807, 2.05) is 0 Å². The Labute approximate surface area is 99.5 Å². The van der Waals surface area contributed by atoms with Gasteiger partial charge in [0.2, 0.25) is 0 Å². The standard InChI is InChI=1S/C13H27N3/c1-12(2)7-11(8-13(3,4)16-12)15-10-5-9(14)6-10/h9-11,15-16H,5-8,14H2,1-4H3. The molecule has 94 valence electrons. The van der Waals surface area contributed by atoms with Crippen molar-refractivity contribution in [3.63, 3.8) is 0 Å². The summed E-state index contributed by atoms with van der Waals surface area (Å²) in [4.78, 5) is 0. The lowest BCUT2D eigenvalue weighted by Gasteiger charge is -2.48. The van der Waals surface area contributed by atoms with Crippen molar-refractivity contribution >= 4 is 0 Å². The Balaban J connectivity index is 1.89. The van der Waals surface area contributed by atoms with Gasteiger partial charge in [-0.3, -0.25) is 0 Å². The van der Waals surface area contributed by atoms with Gasteiger partial charge in [-0.15, -0.1) is 0 Å². The smallest absolute Gasteiger partial charge is 0.0144 e. The molecule has 4 N–H and O–H groups in total. The van der Waals surface area contributed by atoms with Crippen molar-refractivity contribution in [2.24, 2.45) is 5.73 Å². The molecule has 0 atom stereocenters. The highest BCUT2D eigenvalue weighted by molar-refractivity contribution is 5.01. The van der Waals surface area contributed by atoms with Gasteiger partial charge in [0.15, 0.2) is 0 Å². The minimum atomic E-state index is 0.241. The molecule has 2 fully saturated rings. The molecule has 1 aliphatic carbocycles. The van der Waals surface area contributed by atoms with Crippen molar-refractivity contribution in [3.8, 4) is 0 Å². The van der Waals surface area contributed by atoms with E-state index in [9.17, 15) is 0 Å². The van der Waals surface area contributed by atoms with Crippen molar-refractivity contribution in [1.29, 1.82) is 0 Å². The summed E-state index contributed by atoms with van der Waals surface area (Å²) in [5.41, 5.74) is 6.31. The maximum atomic E-state index is 5.83. The molecule has 1 aliphatic heterocycles. The fourth-order valence-electron chi connectivity index (χ4n) is 3.57. The summed E-state index contributed by atoms with van der Waals surface area (Å²) in [6.45, 7) is 9.20. The van der Waals surface area contributed by atoms with Gasteiger partial charge in [-0.2, -0.15) is 0 Å². The van der Waals surface area contributed by atoms with Crippen LogP contribution in [0, 0.1) is 0 Å². The molecule has 0 unspecified atom stereocenters. The highest BCUT2D eigenvalue weighted by atomic mass is 15.1. The van der Waals surface area contributed by atoms with Crippen molar-refractivity contribution in [3.05, 3.63) is 0 Å². The second-order valence-electron chi connectivity index (χ2n) is 7.09. The van der Waals surface area contributed by atoms with Gasteiger partial charge in [0.25, 0.3) is 0 Å². The predicted octanol–water partition coefficient (Wildman–Crippen LogP) is 1.37. The van der Waals surface area contributed by atoms with E-state index in [-0.39, 0.29) is 11.1 Å². The molecule has 1 saturated heterocycles. The Bertz CT molecular complexity index is 238. The molecule has 16 heavy (non-hydrogen) atoms. The van der Waals surface area contributed by atoms with Crippen molar-refractivity contribution < 1.29 is 0 Å². The predicted molar refractivity (Wildman–Crippen MR) is 68.4 cm³/mol. The molecule has 0 aromatic heterocycles. The number of nitrogens with one attached hydrogen (secondary N) is 2. The molecule has 0 amide bonds. The maximum absolute atomic E-state index is 5.83. The topological polar surface area (TPSA) is 50.1 Å². The van der Waals surface area contributed by atoms with Gasteiger partial charge in [-0.1, -0.05) is 0 Å². The van der Waals surface area contributed by atoms with Gasteiger partial charge in [-0.05, 0) is 53.4 Å². The number of piperidine rings is 1. The Morgan fingerprint density at radius 3 is 1.94 bits per heavy atom. The first kappa shape index (κ1) is 12.3. The fraction of sp³-hybridized carbons (Fsp3) is 1.00. The van der Waals surface area contributed by atoms with Crippen LogP contribution in [0.15, 0.2) is 0 Å². The molecule has 2 aliphatic rings.